The average Bonchev–Trinajstić information content (AvgIpc) is 3.01. The molecule has 0 aliphatic heterocycles. The van der Waals surface area contributed by atoms with Crippen molar-refractivity contribution in [3.8, 4) is 11.3 Å². The smallest absolute Gasteiger partial charge is 0.308 e. The van der Waals surface area contributed by atoms with E-state index in [4.69, 9.17) is 4.52 Å². The van der Waals surface area contributed by atoms with Gasteiger partial charge in [0.05, 0.1) is 5.92 Å². The van der Waals surface area contributed by atoms with Gasteiger partial charge in [-0.2, -0.15) is 0 Å². The Bertz CT molecular complexity index is 664. The largest absolute Gasteiger partial charge is 0.481 e. The molecule has 0 bridgehead atoms. The van der Waals surface area contributed by atoms with Crippen LogP contribution in [-0.2, 0) is 4.79 Å². The van der Waals surface area contributed by atoms with E-state index in [1.165, 1.54) is 0 Å². The molecule has 1 atom stereocenters. The highest BCUT2D eigenvalue weighted by molar-refractivity contribution is 5.93. The molecule has 0 aliphatic carbocycles. The number of rotatable bonds is 7. The van der Waals surface area contributed by atoms with Crippen molar-refractivity contribution in [2.24, 2.45) is 11.8 Å². The molecule has 0 radical (unpaired) electrons. The molecule has 0 saturated carbocycles. The van der Waals surface area contributed by atoms with Gasteiger partial charge in [-0.25, -0.2) is 0 Å². The molecule has 1 aromatic heterocycles. The summed E-state index contributed by atoms with van der Waals surface area (Å²) in [5, 5.41) is 15.5. The van der Waals surface area contributed by atoms with Crippen molar-refractivity contribution in [2.45, 2.75) is 20.3 Å². The van der Waals surface area contributed by atoms with Crippen LogP contribution in [0.15, 0.2) is 40.9 Å². The lowest BCUT2D eigenvalue weighted by molar-refractivity contribution is -0.142. The van der Waals surface area contributed by atoms with Gasteiger partial charge in [-0.1, -0.05) is 49.3 Å². The highest BCUT2D eigenvalue weighted by Crippen LogP contribution is 2.19. The van der Waals surface area contributed by atoms with Crippen molar-refractivity contribution in [2.75, 3.05) is 6.54 Å². The predicted octanol–water partition coefficient (Wildman–Crippen LogP) is 2.82. The Balaban J connectivity index is 1.98. The summed E-state index contributed by atoms with van der Waals surface area (Å²) in [5.74, 6) is -1.23. The standard InChI is InChI=1S/C17H20N2O4/c1-11(2)8-13(17(21)22)10-18-16(20)14-9-15(23-19-14)12-6-4-3-5-7-12/h3-7,9,11,13H,8,10H2,1-2H3,(H,18,20)(H,21,22). The second kappa shape index (κ2) is 7.58. The van der Waals surface area contributed by atoms with E-state index in [0.29, 0.717) is 12.2 Å². The van der Waals surface area contributed by atoms with Crippen molar-refractivity contribution in [1.82, 2.24) is 10.5 Å². The number of hydrogen-bond acceptors (Lipinski definition) is 4. The summed E-state index contributed by atoms with van der Waals surface area (Å²) in [6.45, 7) is 3.96. The number of hydrogen-bond donors (Lipinski definition) is 2. The highest BCUT2D eigenvalue weighted by Gasteiger charge is 2.21. The third-order valence-electron chi connectivity index (χ3n) is 3.42. The fourth-order valence-electron chi connectivity index (χ4n) is 2.27. The van der Waals surface area contributed by atoms with E-state index in [0.717, 1.165) is 5.56 Å². The van der Waals surface area contributed by atoms with E-state index >= 15 is 0 Å². The van der Waals surface area contributed by atoms with Crippen LogP contribution in [0.5, 0.6) is 0 Å². The summed E-state index contributed by atoms with van der Waals surface area (Å²) in [6, 6.07) is 10.9. The first-order valence-corrected chi connectivity index (χ1v) is 7.50. The number of benzene rings is 1. The van der Waals surface area contributed by atoms with E-state index in [2.05, 4.69) is 10.5 Å². The molecule has 2 aromatic rings. The molecule has 1 heterocycles. The number of carbonyl (C=O) groups excluding carboxylic acids is 1. The van der Waals surface area contributed by atoms with E-state index < -0.39 is 17.8 Å². The number of carboxylic acids is 1. The second-order valence-electron chi connectivity index (χ2n) is 5.82. The molecule has 0 aliphatic rings. The van der Waals surface area contributed by atoms with Crippen molar-refractivity contribution in [1.29, 1.82) is 0 Å². The molecular formula is C17H20N2O4. The summed E-state index contributed by atoms with van der Waals surface area (Å²) in [6.07, 6.45) is 0.504. The third-order valence-corrected chi connectivity index (χ3v) is 3.42. The minimum atomic E-state index is -0.913. The van der Waals surface area contributed by atoms with E-state index in [9.17, 15) is 14.7 Å². The zero-order valence-electron chi connectivity index (χ0n) is 13.2. The number of carbonyl (C=O) groups is 2. The lowest BCUT2D eigenvalue weighted by Gasteiger charge is -2.14. The van der Waals surface area contributed by atoms with Gasteiger partial charge in [0, 0.05) is 18.2 Å². The SMILES string of the molecule is CC(C)CC(CNC(=O)c1cc(-c2ccccc2)on1)C(=O)O. The monoisotopic (exact) mass is 316 g/mol. The minimum absolute atomic E-state index is 0.0693. The van der Waals surface area contributed by atoms with Crippen LogP contribution in [-0.4, -0.2) is 28.7 Å². The molecule has 6 heteroatoms. The van der Waals surface area contributed by atoms with Crippen LogP contribution in [0.2, 0.25) is 0 Å². The van der Waals surface area contributed by atoms with Gasteiger partial charge in [-0.05, 0) is 12.3 Å². The van der Waals surface area contributed by atoms with Crippen molar-refractivity contribution in [3.63, 3.8) is 0 Å². The summed E-state index contributed by atoms with van der Waals surface area (Å²) >= 11 is 0. The van der Waals surface area contributed by atoms with Gasteiger partial charge in [0.2, 0.25) is 0 Å². The number of nitrogens with zero attached hydrogens (tertiary/aromatic N) is 1. The lowest BCUT2D eigenvalue weighted by atomic mass is 9.97. The number of nitrogens with one attached hydrogen (secondary N) is 1. The van der Waals surface area contributed by atoms with Crippen molar-refractivity contribution in [3.05, 3.63) is 42.1 Å². The molecule has 2 rings (SSSR count). The zero-order valence-corrected chi connectivity index (χ0v) is 13.2. The maximum absolute atomic E-state index is 12.1. The lowest BCUT2D eigenvalue weighted by Crippen LogP contribution is -2.33. The quantitative estimate of drug-likeness (QED) is 0.819. The zero-order chi connectivity index (χ0) is 16.8. The number of amides is 1. The topological polar surface area (TPSA) is 92.4 Å². The molecule has 1 amide bonds. The maximum Gasteiger partial charge on any atom is 0.308 e. The van der Waals surface area contributed by atoms with Gasteiger partial charge in [0.1, 0.15) is 0 Å². The summed E-state index contributed by atoms with van der Waals surface area (Å²) in [5.41, 5.74) is 0.958. The molecule has 1 unspecified atom stereocenters. The van der Waals surface area contributed by atoms with Crippen LogP contribution in [0.25, 0.3) is 11.3 Å². The van der Waals surface area contributed by atoms with Gasteiger partial charge in [0.15, 0.2) is 11.5 Å². The fourth-order valence-corrected chi connectivity index (χ4v) is 2.27. The average molecular weight is 316 g/mol. The molecule has 23 heavy (non-hydrogen) atoms. The molecule has 6 nitrogen and oxygen atoms in total. The summed E-state index contributed by atoms with van der Waals surface area (Å²) in [7, 11) is 0. The van der Waals surface area contributed by atoms with Gasteiger partial charge in [-0.15, -0.1) is 0 Å². The van der Waals surface area contributed by atoms with Crippen molar-refractivity contribution >= 4 is 11.9 Å². The Morgan fingerprint density at radius 1 is 1.26 bits per heavy atom. The first kappa shape index (κ1) is 16.7. The van der Waals surface area contributed by atoms with Crippen LogP contribution in [0.3, 0.4) is 0 Å². The van der Waals surface area contributed by atoms with Crippen LogP contribution >= 0.6 is 0 Å². The Labute approximate surface area is 134 Å². The molecule has 1 aromatic carbocycles. The highest BCUT2D eigenvalue weighted by atomic mass is 16.5. The Morgan fingerprint density at radius 2 is 1.96 bits per heavy atom. The fraction of sp³-hybridized carbons (Fsp3) is 0.353. The van der Waals surface area contributed by atoms with E-state index in [1.54, 1.807) is 6.07 Å². The maximum atomic E-state index is 12.1. The van der Waals surface area contributed by atoms with Gasteiger partial charge in [-0.3, -0.25) is 9.59 Å². The molecule has 0 saturated heterocycles. The van der Waals surface area contributed by atoms with Gasteiger partial charge in [0.25, 0.3) is 5.91 Å². The molecule has 2 N–H and O–H groups in total. The van der Waals surface area contributed by atoms with Crippen LogP contribution in [0, 0.1) is 11.8 Å². The van der Waals surface area contributed by atoms with Crippen molar-refractivity contribution < 1.29 is 19.2 Å². The normalized spacial score (nSPS) is 12.1. The molecule has 0 fully saturated rings. The minimum Gasteiger partial charge on any atom is -0.481 e. The third kappa shape index (κ3) is 4.67. The predicted molar refractivity (Wildman–Crippen MR) is 84.9 cm³/mol. The number of aromatic nitrogens is 1. The number of carboxylic acid groups (broad SMARTS) is 1. The molecular weight excluding hydrogens is 296 g/mol. The van der Waals surface area contributed by atoms with Crippen LogP contribution in [0.4, 0.5) is 0 Å². The van der Waals surface area contributed by atoms with Gasteiger partial charge < -0.3 is 14.9 Å². The van der Waals surface area contributed by atoms with Crippen LogP contribution < -0.4 is 5.32 Å². The molecule has 122 valence electrons. The first-order valence-electron chi connectivity index (χ1n) is 7.50. The summed E-state index contributed by atoms with van der Waals surface area (Å²) < 4.78 is 5.16. The summed E-state index contributed by atoms with van der Waals surface area (Å²) in [4.78, 5) is 23.3. The Kier molecular flexibility index (Phi) is 5.51. The van der Waals surface area contributed by atoms with E-state index in [-0.39, 0.29) is 18.2 Å². The second-order valence-corrected chi connectivity index (χ2v) is 5.82. The van der Waals surface area contributed by atoms with Crippen LogP contribution in [0.1, 0.15) is 30.8 Å². The van der Waals surface area contributed by atoms with Gasteiger partial charge >= 0.3 is 5.97 Å². The number of aliphatic carboxylic acids is 1. The Hall–Kier alpha value is -2.63. The van der Waals surface area contributed by atoms with E-state index in [1.807, 2.05) is 44.2 Å². The first-order chi connectivity index (χ1) is 11.0. The Morgan fingerprint density at radius 3 is 2.57 bits per heavy atom. The molecule has 0 spiro atoms.